The van der Waals surface area contributed by atoms with E-state index in [0.29, 0.717) is 31.0 Å². The van der Waals surface area contributed by atoms with Crippen LogP contribution in [0.3, 0.4) is 0 Å². The highest BCUT2D eigenvalue weighted by Crippen LogP contribution is 2.06. The molecule has 0 unspecified atom stereocenters. The molecule has 0 heterocycles. The molecule has 0 spiro atoms. The molecule has 128 valence electrons. The molecule has 0 aromatic carbocycles. The lowest BCUT2D eigenvalue weighted by Gasteiger charge is -2.19. The third kappa shape index (κ3) is 16.1. The molecule has 0 saturated carbocycles. The van der Waals surface area contributed by atoms with Crippen LogP contribution in [-0.4, -0.2) is 39.1 Å². The second-order valence-electron chi connectivity index (χ2n) is 7.19. The molecule has 0 fully saturated rings. The molecule has 0 aliphatic carbocycles. The summed E-state index contributed by atoms with van der Waals surface area (Å²) in [6.45, 7) is 17.0. The lowest BCUT2D eigenvalue weighted by Crippen LogP contribution is -2.27. The first-order valence-corrected chi connectivity index (χ1v) is 8.68. The van der Waals surface area contributed by atoms with E-state index in [4.69, 9.17) is 14.2 Å². The fraction of sp³-hybridized carbons (Fsp3) is 1.00. The highest BCUT2D eigenvalue weighted by Gasteiger charge is 2.11. The quantitative estimate of drug-likeness (QED) is 0.441. The van der Waals surface area contributed by atoms with E-state index in [-0.39, 0.29) is 6.10 Å². The van der Waals surface area contributed by atoms with Crippen molar-refractivity contribution in [3.05, 3.63) is 0 Å². The molecule has 0 aliphatic rings. The number of hydrogen-bond donors (Lipinski definition) is 0. The van der Waals surface area contributed by atoms with Crippen molar-refractivity contribution in [2.45, 2.75) is 66.9 Å². The van der Waals surface area contributed by atoms with Crippen LogP contribution in [-0.2, 0) is 14.2 Å². The molecule has 0 atom stereocenters. The van der Waals surface area contributed by atoms with Gasteiger partial charge in [0, 0.05) is 19.8 Å². The van der Waals surface area contributed by atoms with Crippen LogP contribution in [0, 0.1) is 17.8 Å². The van der Waals surface area contributed by atoms with Crippen molar-refractivity contribution in [2.24, 2.45) is 17.8 Å². The van der Waals surface area contributed by atoms with Crippen LogP contribution < -0.4 is 0 Å². The van der Waals surface area contributed by atoms with Crippen molar-refractivity contribution in [1.29, 1.82) is 0 Å². The fourth-order valence-electron chi connectivity index (χ4n) is 1.68. The first-order valence-electron chi connectivity index (χ1n) is 8.68. The second-order valence-corrected chi connectivity index (χ2v) is 7.19. The maximum Gasteiger partial charge on any atom is 0.104 e. The number of ether oxygens (including phenoxy) is 3. The topological polar surface area (TPSA) is 27.7 Å². The Labute approximate surface area is 132 Å². The summed E-state index contributed by atoms with van der Waals surface area (Å²) < 4.78 is 17.4. The Morgan fingerprint density at radius 3 is 1.33 bits per heavy atom. The van der Waals surface area contributed by atoms with Gasteiger partial charge in [0.1, 0.15) is 6.10 Å². The predicted molar refractivity (Wildman–Crippen MR) is 89.7 cm³/mol. The Bertz CT molecular complexity index is 199. The predicted octanol–water partition coefficient (Wildman–Crippen LogP) is 4.54. The summed E-state index contributed by atoms with van der Waals surface area (Å²) in [6, 6.07) is 0. The Hall–Kier alpha value is -0.120. The van der Waals surface area contributed by atoms with E-state index in [1.54, 1.807) is 0 Å². The van der Waals surface area contributed by atoms with E-state index >= 15 is 0 Å². The summed E-state index contributed by atoms with van der Waals surface area (Å²) in [4.78, 5) is 0. The van der Waals surface area contributed by atoms with Gasteiger partial charge in [-0.2, -0.15) is 0 Å². The SMILES string of the molecule is CC(C)CCOCC(COCCC(C)C)OCCC(C)C. The van der Waals surface area contributed by atoms with Crippen LogP contribution in [0.4, 0.5) is 0 Å². The molecule has 0 aromatic rings. The summed E-state index contributed by atoms with van der Waals surface area (Å²) in [5.74, 6) is 2.05. The average molecular weight is 302 g/mol. The van der Waals surface area contributed by atoms with Crippen LogP contribution in [0.5, 0.6) is 0 Å². The molecule has 3 nitrogen and oxygen atoms in total. The third-order valence-corrected chi connectivity index (χ3v) is 3.34. The zero-order valence-electron chi connectivity index (χ0n) is 15.2. The van der Waals surface area contributed by atoms with Crippen molar-refractivity contribution >= 4 is 0 Å². The first-order chi connectivity index (χ1) is 9.91. The smallest absolute Gasteiger partial charge is 0.104 e. The van der Waals surface area contributed by atoms with E-state index < -0.39 is 0 Å². The molecule has 0 aliphatic heterocycles. The minimum atomic E-state index is 0.0723. The Morgan fingerprint density at radius 1 is 0.571 bits per heavy atom. The molecule has 0 saturated heterocycles. The summed E-state index contributed by atoms with van der Waals surface area (Å²) in [7, 11) is 0. The standard InChI is InChI=1S/C18H38O3/c1-15(2)7-10-19-13-18(21-12-9-17(5)6)14-20-11-8-16(3)4/h15-18H,7-14H2,1-6H3. The minimum absolute atomic E-state index is 0.0723. The molecule has 0 bridgehead atoms. The van der Waals surface area contributed by atoms with E-state index in [1.807, 2.05) is 0 Å². The van der Waals surface area contributed by atoms with Gasteiger partial charge in [0.2, 0.25) is 0 Å². The minimum Gasteiger partial charge on any atom is -0.379 e. The van der Waals surface area contributed by atoms with E-state index in [0.717, 1.165) is 39.1 Å². The normalized spacial score (nSPS) is 12.3. The van der Waals surface area contributed by atoms with Gasteiger partial charge in [0.25, 0.3) is 0 Å². The molecule has 0 N–H and O–H groups in total. The lowest BCUT2D eigenvalue weighted by molar-refractivity contribution is -0.0642. The molecular formula is C18H38O3. The van der Waals surface area contributed by atoms with Gasteiger partial charge in [0.05, 0.1) is 13.2 Å². The van der Waals surface area contributed by atoms with E-state index in [9.17, 15) is 0 Å². The van der Waals surface area contributed by atoms with Gasteiger partial charge < -0.3 is 14.2 Å². The summed E-state index contributed by atoms with van der Waals surface area (Å²) in [5, 5.41) is 0. The van der Waals surface area contributed by atoms with Gasteiger partial charge in [0.15, 0.2) is 0 Å². The molecule has 0 rings (SSSR count). The zero-order chi connectivity index (χ0) is 16.1. The average Bonchev–Trinajstić information content (AvgIpc) is 2.37. The van der Waals surface area contributed by atoms with E-state index in [2.05, 4.69) is 41.5 Å². The maximum absolute atomic E-state index is 5.92. The largest absolute Gasteiger partial charge is 0.379 e. The van der Waals surface area contributed by atoms with Crippen molar-refractivity contribution in [3.8, 4) is 0 Å². The lowest BCUT2D eigenvalue weighted by atomic mass is 10.1. The molecule has 21 heavy (non-hydrogen) atoms. The van der Waals surface area contributed by atoms with Gasteiger partial charge >= 0.3 is 0 Å². The van der Waals surface area contributed by atoms with Crippen molar-refractivity contribution in [1.82, 2.24) is 0 Å². The van der Waals surface area contributed by atoms with Crippen molar-refractivity contribution in [2.75, 3.05) is 33.0 Å². The third-order valence-electron chi connectivity index (χ3n) is 3.34. The van der Waals surface area contributed by atoms with Gasteiger partial charge in [-0.3, -0.25) is 0 Å². The Balaban J connectivity index is 3.85. The maximum atomic E-state index is 5.92. The molecule has 0 amide bonds. The zero-order valence-corrected chi connectivity index (χ0v) is 15.2. The molecule has 3 heteroatoms. The fourth-order valence-corrected chi connectivity index (χ4v) is 1.68. The summed E-state index contributed by atoms with van der Waals surface area (Å²) in [6.07, 6.45) is 3.37. The van der Waals surface area contributed by atoms with E-state index in [1.165, 1.54) is 0 Å². The highest BCUT2D eigenvalue weighted by atomic mass is 16.6. The summed E-state index contributed by atoms with van der Waals surface area (Å²) in [5.41, 5.74) is 0. The van der Waals surface area contributed by atoms with Crippen LogP contribution >= 0.6 is 0 Å². The van der Waals surface area contributed by atoms with Crippen molar-refractivity contribution < 1.29 is 14.2 Å². The number of hydrogen-bond acceptors (Lipinski definition) is 3. The molecular weight excluding hydrogens is 264 g/mol. The Kier molecular flexibility index (Phi) is 13.5. The van der Waals surface area contributed by atoms with Crippen LogP contribution in [0.2, 0.25) is 0 Å². The van der Waals surface area contributed by atoms with Gasteiger partial charge in [-0.15, -0.1) is 0 Å². The second kappa shape index (κ2) is 13.5. The Morgan fingerprint density at radius 2 is 0.952 bits per heavy atom. The molecule has 0 radical (unpaired) electrons. The van der Waals surface area contributed by atoms with Gasteiger partial charge in [-0.1, -0.05) is 41.5 Å². The van der Waals surface area contributed by atoms with Crippen LogP contribution in [0.15, 0.2) is 0 Å². The molecule has 0 aromatic heterocycles. The number of rotatable bonds is 14. The van der Waals surface area contributed by atoms with Gasteiger partial charge in [-0.25, -0.2) is 0 Å². The van der Waals surface area contributed by atoms with Gasteiger partial charge in [-0.05, 0) is 37.0 Å². The summed E-state index contributed by atoms with van der Waals surface area (Å²) >= 11 is 0. The first kappa shape index (κ1) is 20.9. The highest BCUT2D eigenvalue weighted by molar-refractivity contribution is 4.57. The van der Waals surface area contributed by atoms with Crippen molar-refractivity contribution in [3.63, 3.8) is 0 Å². The van der Waals surface area contributed by atoms with Crippen LogP contribution in [0.1, 0.15) is 60.8 Å². The monoisotopic (exact) mass is 302 g/mol. The van der Waals surface area contributed by atoms with Crippen LogP contribution in [0.25, 0.3) is 0 Å².